The van der Waals surface area contributed by atoms with E-state index in [0.29, 0.717) is 17.4 Å². The van der Waals surface area contributed by atoms with E-state index in [2.05, 4.69) is 4.90 Å². The Balaban J connectivity index is 1.69. The lowest BCUT2D eigenvalue weighted by Gasteiger charge is -2.20. The molecule has 2 aliphatic rings. The molecule has 1 aromatic rings. The Morgan fingerprint density at radius 2 is 2.17 bits per heavy atom. The van der Waals surface area contributed by atoms with Gasteiger partial charge in [0.05, 0.1) is 6.54 Å². The summed E-state index contributed by atoms with van der Waals surface area (Å²) >= 11 is 0. The zero-order valence-corrected chi connectivity index (χ0v) is 10.7. The van der Waals surface area contributed by atoms with E-state index < -0.39 is 5.97 Å². The first-order valence-corrected chi connectivity index (χ1v) is 6.70. The van der Waals surface area contributed by atoms with E-state index in [0.717, 1.165) is 24.8 Å². The van der Waals surface area contributed by atoms with Crippen LogP contribution in [-0.4, -0.2) is 28.6 Å². The Bertz CT molecular complexity index is 458. The molecule has 4 nitrogen and oxygen atoms in total. The van der Waals surface area contributed by atoms with Crippen molar-refractivity contribution in [3.05, 3.63) is 23.2 Å². The van der Waals surface area contributed by atoms with Crippen molar-refractivity contribution in [2.24, 2.45) is 5.92 Å². The molecule has 4 heteroatoms. The summed E-state index contributed by atoms with van der Waals surface area (Å²) in [6, 6.07) is 2.38. The van der Waals surface area contributed by atoms with Gasteiger partial charge in [-0.15, -0.1) is 0 Å². The highest BCUT2D eigenvalue weighted by Gasteiger charge is 2.34. The van der Waals surface area contributed by atoms with Gasteiger partial charge in [-0.05, 0) is 44.6 Å². The minimum absolute atomic E-state index is 0.298. The van der Waals surface area contributed by atoms with E-state index in [1.807, 2.05) is 0 Å². The van der Waals surface area contributed by atoms with Crippen molar-refractivity contribution in [2.45, 2.75) is 45.2 Å². The van der Waals surface area contributed by atoms with Crippen LogP contribution >= 0.6 is 0 Å². The number of carbonyl (C=O) groups is 1. The molecule has 0 saturated heterocycles. The van der Waals surface area contributed by atoms with Crippen LogP contribution < -0.4 is 0 Å². The third kappa shape index (κ3) is 2.58. The summed E-state index contributed by atoms with van der Waals surface area (Å²) in [5.74, 6) is 1.26. The molecule has 98 valence electrons. The number of furan rings is 1. The lowest BCUT2D eigenvalue weighted by Crippen LogP contribution is -2.27. The van der Waals surface area contributed by atoms with Crippen LogP contribution in [0.25, 0.3) is 0 Å². The Labute approximate surface area is 107 Å². The highest BCUT2D eigenvalue weighted by Crippen LogP contribution is 2.35. The first kappa shape index (κ1) is 11.8. The zero-order chi connectivity index (χ0) is 12.7. The second kappa shape index (κ2) is 4.43. The van der Waals surface area contributed by atoms with E-state index in [-0.39, 0.29) is 0 Å². The van der Waals surface area contributed by atoms with Crippen molar-refractivity contribution in [3.63, 3.8) is 0 Å². The topological polar surface area (TPSA) is 53.7 Å². The SMILES string of the molecule is Cc1oc(CN(CC2CC2)C2CC2)cc1C(=O)O. The third-order valence-corrected chi connectivity index (χ3v) is 3.81. The summed E-state index contributed by atoms with van der Waals surface area (Å²) in [6.07, 6.45) is 5.25. The van der Waals surface area contributed by atoms with Crippen LogP contribution in [0.2, 0.25) is 0 Å². The Morgan fingerprint density at radius 3 is 2.67 bits per heavy atom. The summed E-state index contributed by atoms with van der Waals surface area (Å²) in [6.45, 7) is 3.62. The number of aryl methyl sites for hydroxylation is 1. The van der Waals surface area contributed by atoms with Crippen molar-refractivity contribution in [3.8, 4) is 0 Å². The molecule has 2 saturated carbocycles. The Kier molecular flexibility index (Phi) is 2.90. The molecule has 0 radical (unpaired) electrons. The first-order chi connectivity index (χ1) is 8.63. The maximum Gasteiger partial charge on any atom is 0.339 e. The van der Waals surface area contributed by atoms with Gasteiger partial charge >= 0.3 is 5.97 Å². The van der Waals surface area contributed by atoms with Crippen LogP contribution in [0, 0.1) is 12.8 Å². The van der Waals surface area contributed by atoms with E-state index in [9.17, 15) is 4.79 Å². The lowest BCUT2D eigenvalue weighted by molar-refractivity contribution is 0.0695. The zero-order valence-electron chi connectivity index (χ0n) is 10.7. The molecule has 0 aromatic carbocycles. The summed E-state index contributed by atoms with van der Waals surface area (Å²) in [4.78, 5) is 13.4. The summed E-state index contributed by atoms with van der Waals surface area (Å²) in [5.41, 5.74) is 0.298. The monoisotopic (exact) mass is 249 g/mol. The van der Waals surface area contributed by atoms with Crippen LogP contribution in [0.5, 0.6) is 0 Å². The van der Waals surface area contributed by atoms with E-state index in [4.69, 9.17) is 9.52 Å². The lowest BCUT2D eigenvalue weighted by atomic mass is 10.2. The first-order valence-electron chi connectivity index (χ1n) is 6.70. The fraction of sp³-hybridized carbons (Fsp3) is 0.643. The normalized spacial score (nSPS) is 19.4. The van der Waals surface area contributed by atoms with Crippen molar-refractivity contribution >= 4 is 5.97 Å². The molecule has 2 aliphatic carbocycles. The number of aromatic carboxylic acids is 1. The number of carboxylic acid groups (broad SMARTS) is 1. The molecule has 18 heavy (non-hydrogen) atoms. The molecule has 1 heterocycles. The molecular formula is C14H19NO3. The van der Waals surface area contributed by atoms with Gasteiger partial charge in [-0.25, -0.2) is 4.79 Å². The molecule has 1 N–H and O–H groups in total. The van der Waals surface area contributed by atoms with Crippen LogP contribution in [0.3, 0.4) is 0 Å². The van der Waals surface area contributed by atoms with Gasteiger partial charge in [0.25, 0.3) is 0 Å². The van der Waals surface area contributed by atoms with Crippen LogP contribution in [0.1, 0.15) is 47.6 Å². The predicted molar refractivity (Wildman–Crippen MR) is 66.6 cm³/mol. The summed E-state index contributed by atoms with van der Waals surface area (Å²) in [7, 11) is 0. The van der Waals surface area contributed by atoms with Gasteiger partial charge in [0.15, 0.2) is 0 Å². The fourth-order valence-electron chi connectivity index (χ4n) is 2.45. The van der Waals surface area contributed by atoms with E-state index in [1.54, 1.807) is 13.0 Å². The van der Waals surface area contributed by atoms with E-state index >= 15 is 0 Å². The smallest absolute Gasteiger partial charge is 0.339 e. The second-order valence-electron chi connectivity index (χ2n) is 5.59. The molecule has 3 rings (SSSR count). The molecule has 2 fully saturated rings. The number of hydrogen-bond donors (Lipinski definition) is 1. The Hall–Kier alpha value is -1.29. The average Bonchev–Trinajstić information content (AvgIpc) is 3.17. The molecule has 0 bridgehead atoms. The molecule has 0 amide bonds. The summed E-state index contributed by atoms with van der Waals surface area (Å²) in [5, 5.41) is 9.02. The molecule has 0 atom stereocenters. The van der Waals surface area contributed by atoms with E-state index in [1.165, 1.54) is 25.7 Å². The molecule has 0 unspecified atom stereocenters. The van der Waals surface area contributed by atoms with Gasteiger partial charge in [0.1, 0.15) is 17.1 Å². The highest BCUT2D eigenvalue weighted by atomic mass is 16.4. The van der Waals surface area contributed by atoms with Gasteiger partial charge < -0.3 is 9.52 Å². The predicted octanol–water partition coefficient (Wildman–Crippen LogP) is 2.66. The van der Waals surface area contributed by atoms with Crippen LogP contribution in [0.4, 0.5) is 0 Å². The van der Waals surface area contributed by atoms with Crippen LogP contribution in [-0.2, 0) is 6.54 Å². The van der Waals surface area contributed by atoms with Crippen molar-refractivity contribution in [1.82, 2.24) is 4.90 Å². The van der Waals surface area contributed by atoms with Crippen molar-refractivity contribution < 1.29 is 14.3 Å². The quantitative estimate of drug-likeness (QED) is 0.842. The number of rotatable bonds is 6. The third-order valence-electron chi connectivity index (χ3n) is 3.81. The van der Waals surface area contributed by atoms with Gasteiger partial charge in [0, 0.05) is 12.6 Å². The molecular weight excluding hydrogens is 230 g/mol. The Morgan fingerprint density at radius 1 is 1.44 bits per heavy atom. The summed E-state index contributed by atoms with van der Waals surface area (Å²) < 4.78 is 5.56. The largest absolute Gasteiger partial charge is 0.478 e. The average molecular weight is 249 g/mol. The van der Waals surface area contributed by atoms with Crippen molar-refractivity contribution in [2.75, 3.05) is 6.54 Å². The number of carboxylic acids is 1. The highest BCUT2D eigenvalue weighted by molar-refractivity contribution is 5.88. The van der Waals surface area contributed by atoms with Gasteiger partial charge in [-0.3, -0.25) is 4.90 Å². The molecule has 0 spiro atoms. The minimum Gasteiger partial charge on any atom is -0.478 e. The second-order valence-corrected chi connectivity index (χ2v) is 5.59. The van der Waals surface area contributed by atoms with Crippen molar-refractivity contribution in [1.29, 1.82) is 0 Å². The van der Waals surface area contributed by atoms with Gasteiger partial charge in [-0.2, -0.15) is 0 Å². The number of hydrogen-bond acceptors (Lipinski definition) is 3. The van der Waals surface area contributed by atoms with Gasteiger partial charge in [-0.1, -0.05) is 0 Å². The standard InChI is InChI=1S/C14H19NO3/c1-9-13(14(16)17)6-12(18-9)8-15(11-4-5-11)7-10-2-3-10/h6,10-11H,2-5,7-8H2,1H3,(H,16,17). The maximum absolute atomic E-state index is 11.0. The number of nitrogens with zero attached hydrogens (tertiary/aromatic N) is 1. The fourth-order valence-corrected chi connectivity index (χ4v) is 2.45. The van der Waals surface area contributed by atoms with Crippen LogP contribution in [0.15, 0.2) is 10.5 Å². The molecule has 0 aliphatic heterocycles. The van der Waals surface area contributed by atoms with Gasteiger partial charge in [0.2, 0.25) is 0 Å². The minimum atomic E-state index is -0.900. The maximum atomic E-state index is 11.0. The molecule has 1 aromatic heterocycles.